The van der Waals surface area contributed by atoms with Crippen LogP contribution in [0.3, 0.4) is 0 Å². The van der Waals surface area contributed by atoms with E-state index in [2.05, 4.69) is 5.32 Å². The van der Waals surface area contributed by atoms with Crippen LogP contribution in [-0.4, -0.2) is 23.0 Å². The number of ether oxygens (including phenoxy) is 1. The van der Waals surface area contributed by atoms with E-state index in [1.165, 1.54) is 0 Å². The zero-order valence-corrected chi connectivity index (χ0v) is 14.5. The van der Waals surface area contributed by atoms with E-state index in [0.717, 1.165) is 5.56 Å². The highest BCUT2D eigenvalue weighted by Crippen LogP contribution is 2.26. The highest BCUT2D eigenvalue weighted by atomic mass is 16.5. The number of para-hydroxylation sites is 1. The maximum Gasteiger partial charge on any atom is 0.306 e. The van der Waals surface area contributed by atoms with Crippen LogP contribution in [0.1, 0.15) is 37.4 Å². The van der Waals surface area contributed by atoms with Gasteiger partial charge in [-0.15, -0.1) is 0 Å². The second kappa shape index (κ2) is 8.52. The van der Waals surface area contributed by atoms with Crippen LogP contribution >= 0.6 is 0 Å². The summed E-state index contributed by atoms with van der Waals surface area (Å²) < 4.78 is 5.96. The van der Waals surface area contributed by atoms with E-state index in [-0.39, 0.29) is 17.9 Å². The number of carboxylic acid groups (broad SMARTS) is 1. The van der Waals surface area contributed by atoms with Crippen molar-refractivity contribution in [3.05, 3.63) is 66.2 Å². The second-order valence-electron chi connectivity index (χ2n) is 6.62. The number of benzene rings is 2. The molecule has 26 heavy (non-hydrogen) atoms. The van der Waals surface area contributed by atoms with Crippen molar-refractivity contribution in [3.8, 4) is 5.75 Å². The van der Waals surface area contributed by atoms with Crippen molar-refractivity contribution < 1.29 is 19.4 Å². The summed E-state index contributed by atoms with van der Waals surface area (Å²) in [5.41, 5.74) is 0.785. The normalized spacial score (nSPS) is 20.8. The van der Waals surface area contributed by atoms with Crippen molar-refractivity contribution in [3.63, 3.8) is 0 Å². The van der Waals surface area contributed by atoms with Crippen molar-refractivity contribution in [2.75, 3.05) is 0 Å². The molecule has 1 unspecified atom stereocenters. The van der Waals surface area contributed by atoms with E-state index >= 15 is 0 Å². The van der Waals surface area contributed by atoms with Gasteiger partial charge in [-0.3, -0.25) is 9.59 Å². The summed E-state index contributed by atoms with van der Waals surface area (Å²) >= 11 is 0. The predicted molar refractivity (Wildman–Crippen MR) is 97.8 cm³/mol. The monoisotopic (exact) mass is 353 g/mol. The van der Waals surface area contributed by atoms with Gasteiger partial charge in [-0.05, 0) is 37.8 Å². The lowest BCUT2D eigenvalue weighted by molar-refractivity contribution is -0.142. The Morgan fingerprint density at radius 2 is 1.50 bits per heavy atom. The first-order valence-electron chi connectivity index (χ1n) is 8.93. The molecule has 0 bridgehead atoms. The van der Waals surface area contributed by atoms with E-state index in [1.54, 1.807) is 0 Å². The Kier molecular flexibility index (Phi) is 5.89. The fourth-order valence-electron chi connectivity index (χ4n) is 3.30. The maximum absolute atomic E-state index is 12.9. The number of carbonyl (C=O) groups excluding carboxylic acids is 1. The smallest absolute Gasteiger partial charge is 0.306 e. The fraction of sp³-hybridized carbons (Fsp3) is 0.333. The zero-order chi connectivity index (χ0) is 18.4. The van der Waals surface area contributed by atoms with Gasteiger partial charge in [0, 0.05) is 11.6 Å². The molecule has 1 fully saturated rings. The molecular formula is C21H23NO4. The molecule has 0 radical (unpaired) electrons. The van der Waals surface area contributed by atoms with E-state index in [0.29, 0.717) is 31.4 Å². The molecule has 0 aromatic heterocycles. The van der Waals surface area contributed by atoms with Crippen LogP contribution in [0.4, 0.5) is 0 Å². The molecule has 2 N–H and O–H groups in total. The van der Waals surface area contributed by atoms with Gasteiger partial charge in [0.1, 0.15) is 5.75 Å². The lowest BCUT2D eigenvalue weighted by Gasteiger charge is -2.28. The first-order valence-corrected chi connectivity index (χ1v) is 8.93. The fourth-order valence-corrected chi connectivity index (χ4v) is 3.30. The molecule has 0 aliphatic heterocycles. The molecule has 0 spiro atoms. The number of hydrogen-bond acceptors (Lipinski definition) is 3. The molecule has 1 amide bonds. The summed E-state index contributed by atoms with van der Waals surface area (Å²) in [6.07, 6.45) is 1.80. The first-order chi connectivity index (χ1) is 12.6. The number of rotatable bonds is 6. The summed E-state index contributed by atoms with van der Waals surface area (Å²) in [7, 11) is 0. The Bertz CT molecular complexity index is 724. The second-order valence-corrected chi connectivity index (χ2v) is 6.62. The Morgan fingerprint density at radius 1 is 0.923 bits per heavy atom. The van der Waals surface area contributed by atoms with Crippen LogP contribution in [0, 0.1) is 5.92 Å². The molecule has 1 aliphatic rings. The highest BCUT2D eigenvalue weighted by Gasteiger charge is 2.29. The minimum absolute atomic E-state index is 0.0105. The minimum atomic E-state index is -0.746. The quantitative estimate of drug-likeness (QED) is 0.832. The Labute approximate surface area is 153 Å². The van der Waals surface area contributed by atoms with Crippen LogP contribution in [0.25, 0.3) is 0 Å². The molecule has 5 heteroatoms. The van der Waals surface area contributed by atoms with Crippen molar-refractivity contribution in [2.45, 2.75) is 37.8 Å². The molecular weight excluding hydrogens is 330 g/mol. The zero-order valence-electron chi connectivity index (χ0n) is 14.5. The minimum Gasteiger partial charge on any atom is -0.481 e. The average molecular weight is 353 g/mol. The third kappa shape index (κ3) is 4.63. The number of carboxylic acids is 1. The summed E-state index contributed by atoms with van der Waals surface area (Å²) in [5, 5.41) is 12.1. The number of amides is 1. The molecule has 0 saturated heterocycles. The highest BCUT2D eigenvalue weighted by molar-refractivity contribution is 5.83. The van der Waals surface area contributed by atoms with E-state index in [9.17, 15) is 9.59 Å². The lowest BCUT2D eigenvalue weighted by Crippen LogP contribution is -2.42. The van der Waals surface area contributed by atoms with Crippen LogP contribution in [-0.2, 0) is 9.59 Å². The number of hydrogen-bond donors (Lipinski definition) is 2. The average Bonchev–Trinajstić information content (AvgIpc) is 2.68. The Balaban J connectivity index is 1.68. The summed E-state index contributed by atoms with van der Waals surface area (Å²) in [6.45, 7) is 0. The van der Waals surface area contributed by atoms with Crippen molar-refractivity contribution in [1.82, 2.24) is 5.32 Å². The SMILES string of the molecule is O=C(O)C1CCC(NC(=O)C(Oc2ccccc2)c2ccccc2)CC1. The Morgan fingerprint density at radius 3 is 2.08 bits per heavy atom. The van der Waals surface area contributed by atoms with Gasteiger partial charge < -0.3 is 15.2 Å². The van der Waals surface area contributed by atoms with Crippen molar-refractivity contribution in [2.24, 2.45) is 5.92 Å². The molecule has 5 nitrogen and oxygen atoms in total. The first kappa shape index (κ1) is 18.0. The van der Waals surface area contributed by atoms with Gasteiger partial charge in [0.05, 0.1) is 5.92 Å². The largest absolute Gasteiger partial charge is 0.481 e. The van der Waals surface area contributed by atoms with Crippen LogP contribution in [0.15, 0.2) is 60.7 Å². The molecule has 0 heterocycles. The molecule has 1 saturated carbocycles. The molecule has 3 rings (SSSR count). The molecule has 1 atom stereocenters. The van der Waals surface area contributed by atoms with E-state index < -0.39 is 12.1 Å². The van der Waals surface area contributed by atoms with Gasteiger partial charge >= 0.3 is 5.97 Å². The van der Waals surface area contributed by atoms with E-state index in [4.69, 9.17) is 9.84 Å². The number of carbonyl (C=O) groups is 2. The predicted octanol–water partition coefficient (Wildman–Crippen LogP) is 3.57. The van der Waals surface area contributed by atoms with Crippen LogP contribution in [0.5, 0.6) is 5.75 Å². The lowest BCUT2D eigenvalue weighted by atomic mass is 9.86. The number of nitrogens with one attached hydrogen (secondary N) is 1. The van der Waals surface area contributed by atoms with Gasteiger partial charge in [-0.25, -0.2) is 0 Å². The Hall–Kier alpha value is -2.82. The third-order valence-corrected chi connectivity index (χ3v) is 4.76. The number of aliphatic carboxylic acids is 1. The van der Waals surface area contributed by atoms with Gasteiger partial charge in [0.15, 0.2) is 0 Å². The van der Waals surface area contributed by atoms with Crippen molar-refractivity contribution >= 4 is 11.9 Å². The van der Waals surface area contributed by atoms with Crippen molar-refractivity contribution in [1.29, 1.82) is 0 Å². The van der Waals surface area contributed by atoms with E-state index in [1.807, 2.05) is 60.7 Å². The third-order valence-electron chi connectivity index (χ3n) is 4.76. The van der Waals surface area contributed by atoms with Gasteiger partial charge in [-0.1, -0.05) is 48.5 Å². The van der Waals surface area contributed by atoms with Crippen LogP contribution < -0.4 is 10.1 Å². The van der Waals surface area contributed by atoms with Gasteiger partial charge in [0.2, 0.25) is 6.10 Å². The molecule has 2 aromatic carbocycles. The summed E-state index contributed by atoms with van der Waals surface area (Å²) in [6, 6.07) is 18.6. The maximum atomic E-state index is 12.9. The van der Waals surface area contributed by atoms with Crippen LogP contribution in [0.2, 0.25) is 0 Å². The molecule has 1 aliphatic carbocycles. The van der Waals surface area contributed by atoms with Gasteiger partial charge in [-0.2, -0.15) is 0 Å². The summed E-state index contributed by atoms with van der Waals surface area (Å²) in [4.78, 5) is 24.0. The summed E-state index contributed by atoms with van der Waals surface area (Å²) in [5.74, 6) is -0.608. The van der Waals surface area contributed by atoms with Gasteiger partial charge in [0.25, 0.3) is 5.91 Å². The molecule has 136 valence electrons. The standard InChI is InChI=1S/C21H23NO4/c23-20(22-17-13-11-16(12-14-17)21(24)25)19(15-7-3-1-4-8-15)26-18-9-5-2-6-10-18/h1-10,16-17,19H,11-14H2,(H,22,23)(H,24,25). The molecule has 2 aromatic rings. The topological polar surface area (TPSA) is 75.6 Å².